The van der Waals surface area contributed by atoms with Gasteiger partial charge in [-0.2, -0.15) is 0 Å². The predicted molar refractivity (Wildman–Crippen MR) is 121 cm³/mol. The molecule has 0 radical (unpaired) electrons. The zero-order valence-corrected chi connectivity index (χ0v) is 17.4. The van der Waals surface area contributed by atoms with E-state index in [1.54, 1.807) is 17.4 Å². The Bertz CT molecular complexity index is 1450. The van der Waals surface area contributed by atoms with Crippen molar-refractivity contribution in [2.24, 2.45) is 0 Å². The van der Waals surface area contributed by atoms with E-state index < -0.39 is 0 Å². The molecule has 3 aromatic heterocycles. The largest absolute Gasteiger partial charge is 0.307 e. The Kier molecular flexibility index (Phi) is 4.23. The van der Waals surface area contributed by atoms with Gasteiger partial charge in [0, 0.05) is 22.6 Å². The molecule has 0 saturated carbocycles. The molecule has 0 spiro atoms. The van der Waals surface area contributed by atoms with Gasteiger partial charge in [-0.05, 0) is 43.7 Å². The second-order valence-corrected chi connectivity index (χ2v) is 8.69. The molecule has 29 heavy (non-hydrogen) atoms. The molecule has 5 rings (SSSR count). The Balaban J connectivity index is 1.84. The molecule has 0 aliphatic heterocycles. The first-order valence-electron chi connectivity index (χ1n) is 9.16. The minimum Gasteiger partial charge on any atom is -0.307 e. The molecular formula is C23H16ClN3OS. The van der Waals surface area contributed by atoms with E-state index in [0.29, 0.717) is 10.7 Å². The minimum atomic E-state index is -0.169. The first-order valence-corrected chi connectivity index (χ1v) is 10.4. The van der Waals surface area contributed by atoms with Gasteiger partial charge in [-0.25, -0.2) is 9.97 Å². The lowest BCUT2D eigenvalue weighted by molar-refractivity contribution is 1.23. The summed E-state index contributed by atoms with van der Waals surface area (Å²) < 4.78 is 1.04. The fourth-order valence-electron chi connectivity index (χ4n) is 3.49. The number of fused-ring (bicyclic) bond motifs is 2. The van der Waals surface area contributed by atoms with Gasteiger partial charge >= 0.3 is 0 Å². The molecule has 142 valence electrons. The standard InChI is InChI=1S/C23H16ClN3OS/c1-12-3-5-14(6-4-12)21-17(9-15-7-8-20(28)26-23(15)27-21)16-10-18(24)22-19(11-16)29-13(2)25-22/h3-11H,1-2H3,(H,26,27,28). The monoisotopic (exact) mass is 417 g/mol. The normalized spacial score (nSPS) is 11.4. The zero-order valence-electron chi connectivity index (χ0n) is 15.8. The zero-order chi connectivity index (χ0) is 20.1. The lowest BCUT2D eigenvalue weighted by atomic mass is 9.97. The molecule has 1 N–H and O–H groups in total. The summed E-state index contributed by atoms with van der Waals surface area (Å²) in [5.74, 6) is 0. The summed E-state index contributed by atoms with van der Waals surface area (Å²) in [6.07, 6.45) is 0. The van der Waals surface area contributed by atoms with Gasteiger partial charge in [-0.15, -0.1) is 11.3 Å². The predicted octanol–water partition coefficient (Wildman–Crippen LogP) is 6.14. The van der Waals surface area contributed by atoms with Gasteiger partial charge in [0.15, 0.2) is 0 Å². The number of nitrogens with zero attached hydrogens (tertiary/aromatic N) is 2. The molecular weight excluding hydrogens is 402 g/mol. The van der Waals surface area contributed by atoms with Gasteiger partial charge in [0.2, 0.25) is 5.56 Å². The van der Waals surface area contributed by atoms with Crippen LogP contribution in [0.3, 0.4) is 0 Å². The second-order valence-electron chi connectivity index (χ2n) is 7.05. The minimum absolute atomic E-state index is 0.169. The number of pyridine rings is 2. The van der Waals surface area contributed by atoms with Crippen LogP contribution in [0.1, 0.15) is 10.6 Å². The highest BCUT2D eigenvalue weighted by Crippen LogP contribution is 2.38. The maximum Gasteiger partial charge on any atom is 0.249 e. The molecule has 0 amide bonds. The van der Waals surface area contributed by atoms with Crippen molar-refractivity contribution in [3.05, 3.63) is 80.5 Å². The van der Waals surface area contributed by atoms with Gasteiger partial charge in [0.05, 0.1) is 20.4 Å². The first kappa shape index (κ1) is 18.0. The van der Waals surface area contributed by atoms with Crippen molar-refractivity contribution in [3.63, 3.8) is 0 Å². The Labute approximate surface area is 175 Å². The average Bonchev–Trinajstić information content (AvgIpc) is 3.08. The van der Waals surface area contributed by atoms with Crippen LogP contribution in [0.4, 0.5) is 0 Å². The Morgan fingerprint density at radius 1 is 0.931 bits per heavy atom. The third-order valence-corrected chi connectivity index (χ3v) is 6.11. The van der Waals surface area contributed by atoms with E-state index in [2.05, 4.69) is 41.2 Å². The highest BCUT2D eigenvalue weighted by Gasteiger charge is 2.15. The SMILES string of the molecule is Cc1ccc(-c2nc3[nH]c(=O)ccc3cc2-c2cc(Cl)c3nc(C)sc3c2)cc1. The smallest absolute Gasteiger partial charge is 0.249 e. The lowest BCUT2D eigenvalue weighted by Crippen LogP contribution is -2.04. The van der Waals surface area contributed by atoms with Crippen molar-refractivity contribution in [1.29, 1.82) is 0 Å². The van der Waals surface area contributed by atoms with Crippen molar-refractivity contribution < 1.29 is 0 Å². The van der Waals surface area contributed by atoms with Crippen molar-refractivity contribution in [1.82, 2.24) is 15.0 Å². The average molecular weight is 418 g/mol. The molecule has 5 aromatic rings. The van der Waals surface area contributed by atoms with Crippen LogP contribution in [0, 0.1) is 13.8 Å². The Hall–Kier alpha value is -3.02. The summed E-state index contributed by atoms with van der Waals surface area (Å²) in [4.78, 5) is 24.0. The van der Waals surface area contributed by atoms with E-state index in [9.17, 15) is 4.79 Å². The third kappa shape index (κ3) is 3.22. The molecule has 6 heteroatoms. The number of rotatable bonds is 2. The van der Waals surface area contributed by atoms with Crippen LogP contribution in [0.5, 0.6) is 0 Å². The fraction of sp³-hybridized carbons (Fsp3) is 0.0870. The highest BCUT2D eigenvalue weighted by atomic mass is 35.5. The molecule has 2 aromatic carbocycles. The number of benzene rings is 2. The number of hydrogen-bond acceptors (Lipinski definition) is 4. The van der Waals surface area contributed by atoms with Gasteiger partial charge in [-0.3, -0.25) is 4.79 Å². The van der Waals surface area contributed by atoms with Crippen molar-refractivity contribution >= 4 is 44.2 Å². The number of thiazole rings is 1. The van der Waals surface area contributed by atoms with Crippen LogP contribution in [0.25, 0.3) is 43.6 Å². The number of aromatic amines is 1. The first-order chi connectivity index (χ1) is 14.0. The van der Waals surface area contributed by atoms with Gasteiger partial charge in [-0.1, -0.05) is 41.4 Å². The second kappa shape index (κ2) is 6.79. The van der Waals surface area contributed by atoms with Crippen molar-refractivity contribution in [2.75, 3.05) is 0 Å². The van der Waals surface area contributed by atoms with Gasteiger partial charge < -0.3 is 4.98 Å². The summed E-state index contributed by atoms with van der Waals surface area (Å²) in [6, 6.07) is 17.6. The number of H-pyrrole nitrogens is 1. The number of aryl methyl sites for hydroxylation is 2. The van der Waals surface area contributed by atoms with Crippen LogP contribution in [0.15, 0.2) is 59.4 Å². The van der Waals surface area contributed by atoms with E-state index in [4.69, 9.17) is 16.6 Å². The highest BCUT2D eigenvalue weighted by molar-refractivity contribution is 7.18. The third-order valence-electron chi connectivity index (χ3n) is 4.90. The topological polar surface area (TPSA) is 58.6 Å². The number of hydrogen-bond donors (Lipinski definition) is 1. The van der Waals surface area contributed by atoms with Crippen molar-refractivity contribution in [2.45, 2.75) is 13.8 Å². The van der Waals surface area contributed by atoms with E-state index in [1.807, 2.05) is 25.1 Å². The van der Waals surface area contributed by atoms with E-state index in [0.717, 1.165) is 43.0 Å². The molecule has 0 aliphatic carbocycles. The van der Waals surface area contributed by atoms with Crippen LogP contribution in [0.2, 0.25) is 5.02 Å². The molecule has 0 fully saturated rings. The molecule has 0 bridgehead atoms. The summed E-state index contributed by atoms with van der Waals surface area (Å²) in [5.41, 5.74) is 6.12. The number of nitrogens with one attached hydrogen (secondary N) is 1. The summed E-state index contributed by atoms with van der Waals surface area (Å²) in [7, 11) is 0. The van der Waals surface area contributed by atoms with E-state index in [1.165, 1.54) is 11.6 Å². The summed E-state index contributed by atoms with van der Waals surface area (Å²) >= 11 is 8.18. The van der Waals surface area contributed by atoms with E-state index >= 15 is 0 Å². The lowest BCUT2D eigenvalue weighted by Gasteiger charge is -2.12. The van der Waals surface area contributed by atoms with Crippen LogP contribution < -0.4 is 5.56 Å². The Morgan fingerprint density at radius 3 is 2.52 bits per heavy atom. The van der Waals surface area contributed by atoms with Crippen molar-refractivity contribution in [3.8, 4) is 22.4 Å². The molecule has 3 heterocycles. The number of aromatic nitrogens is 3. The molecule has 0 unspecified atom stereocenters. The van der Waals surface area contributed by atoms with Crippen LogP contribution >= 0.6 is 22.9 Å². The maximum absolute atomic E-state index is 11.8. The fourth-order valence-corrected chi connectivity index (χ4v) is 4.70. The maximum atomic E-state index is 11.8. The van der Waals surface area contributed by atoms with Gasteiger partial charge in [0.1, 0.15) is 11.2 Å². The molecule has 0 atom stereocenters. The number of halogens is 1. The van der Waals surface area contributed by atoms with Gasteiger partial charge in [0.25, 0.3) is 0 Å². The molecule has 0 saturated heterocycles. The summed E-state index contributed by atoms with van der Waals surface area (Å²) in [5, 5.41) is 2.47. The summed E-state index contributed by atoms with van der Waals surface area (Å²) in [6.45, 7) is 4.03. The van der Waals surface area contributed by atoms with Crippen LogP contribution in [-0.2, 0) is 0 Å². The van der Waals surface area contributed by atoms with Crippen LogP contribution in [-0.4, -0.2) is 15.0 Å². The van der Waals surface area contributed by atoms with E-state index in [-0.39, 0.29) is 5.56 Å². The molecule has 4 nitrogen and oxygen atoms in total. The molecule has 0 aliphatic rings. The Morgan fingerprint density at radius 2 is 1.72 bits per heavy atom. The quantitative estimate of drug-likeness (QED) is 0.375.